The van der Waals surface area contributed by atoms with Gasteiger partial charge in [0.2, 0.25) is 5.91 Å². The Morgan fingerprint density at radius 1 is 1.50 bits per heavy atom. The highest BCUT2D eigenvalue weighted by atomic mass is 32.1. The minimum atomic E-state index is -0.176. The van der Waals surface area contributed by atoms with Crippen molar-refractivity contribution in [1.82, 2.24) is 5.32 Å². The van der Waals surface area contributed by atoms with Crippen LogP contribution in [0.3, 0.4) is 0 Å². The van der Waals surface area contributed by atoms with Crippen LogP contribution in [0.5, 0.6) is 0 Å². The third-order valence-electron chi connectivity index (χ3n) is 3.84. The van der Waals surface area contributed by atoms with E-state index < -0.39 is 0 Å². The van der Waals surface area contributed by atoms with Crippen molar-refractivity contribution in [2.24, 2.45) is 5.41 Å². The number of aliphatic hydroxyl groups is 1. The molecule has 0 aliphatic rings. The van der Waals surface area contributed by atoms with Gasteiger partial charge < -0.3 is 10.4 Å². The van der Waals surface area contributed by atoms with Gasteiger partial charge in [-0.2, -0.15) is 0 Å². The zero-order valence-electron chi connectivity index (χ0n) is 11.4. The Morgan fingerprint density at radius 2 is 2.17 bits per heavy atom. The number of nitrogens with one attached hydrogen (secondary N) is 1. The Labute approximate surface area is 113 Å². The van der Waals surface area contributed by atoms with E-state index in [0.717, 1.165) is 17.7 Å². The van der Waals surface area contributed by atoms with Gasteiger partial charge in [-0.1, -0.05) is 19.9 Å². The molecule has 0 saturated carbocycles. The van der Waals surface area contributed by atoms with E-state index in [4.69, 9.17) is 0 Å². The van der Waals surface area contributed by atoms with Gasteiger partial charge in [0, 0.05) is 16.8 Å². The van der Waals surface area contributed by atoms with Gasteiger partial charge in [-0.25, -0.2) is 0 Å². The van der Waals surface area contributed by atoms with Crippen molar-refractivity contribution in [3.8, 4) is 0 Å². The van der Waals surface area contributed by atoms with Crippen LogP contribution in [0.25, 0.3) is 0 Å². The first-order valence-corrected chi connectivity index (χ1v) is 7.38. The van der Waals surface area contributed by atoms with Gasteiger partial charge in [0.25, 0.3) is 0 Å². The highest BCUT2D eigenvalue weighted by Gasteiger charge is 2.27. The molecule has 0 aliphatic carbocycles. The number of rotatable bonds is 7. The Hall–Kier alpha value is -0.870. The van der Waals surface area contributed by atoms with E-state index in [1.165, 1.54) is 0 Å². The zero-order valence-corrected chi connectivity index (χ0v) is 12.2. The molecule has 1 aromatic rings. The molecule has 0 bridgehead atoms. The summed E-state index contributed by atoms with van der Waals surface area (Å²) in [6.07, 6.45) is 1.74. The summed E-state index contributed by atoms with van der Waals surface area (Å²) in [6, 6.07) is 3.94. The lowest BCUT2D eigenvalue weighted by Gasteiger charge is -2.30. The molecule has 1 amide bonds. The summed E-state index contributed by atoms with van der Waals surface area (Å²) in [7, 11) is 0. The molecule has 1 atom stereocenters. The first-order valence-electron chi connectivity index (χ1n) is 6.50. The number of aliphatic hydroxyl groups excluding tert-OH is 1. The molecule has 0 aromatic carbocycles. The molecule has 0 aliphatic heterocycles. The lowest BCUT2D eigenvalue weighted by molar-refractivity contribution is -0.122. The second kappa shape index (κ2) is 6.90. The Bertz CT molecular complexity index is 350. The maximum absolute atomic E-state index is 12.0. The Kier molecular flexibility index (Phi) is 5.82. The third kappa shape index (κ3) is 3.56. The molecule has 102 valence electrons. The SMILES string of the molecule is CCC(CC)(CO)CNC(=O)C(C)c1cccs1. The summed E-state index contributed by atoms with van der Waals surface area (Å²) < 4.78 is 0. The minimum absolute atomic E-state index is 0.0391. The maximum atomic E-state index is 12.0. The monoisotopic (exact) mass is 269 g/mol. The lowest BCUT2D eigenvalue weighted by atomic mass is 9.83. The number of carbonyl (C=O) groups excluding carboxylic acids is 1. The summed E-state index contributed by atoms with van der Waals surface area (Å²) in [6.45, 7) is 6.68. The second-order valence-electron chi connectivity index (χ2n) is 4.82. The van der Waals surface area contributed by atoms with E-state index in [-0.39, 0.29) is 23.8 Å². The fourth-order valence-electron chi connectivity index (χ4n) is 1.87. The third-order valence-corrected chi connectivity index (χ3v) is 4.89. The topological polar surface area (TPSA) is 49.3 Å². The van der Waals surface area contributed by atoms with Gasteiger partial charge in [-0.15, -0.1) is 11.3 Å². The maximum Gasteiger partial charge on any atom is 0.228 e. The van der Waals surface area contributed by atoms with Crippen LogP contribution in [0.4, 0.5) is 0 Å². The minimum Gasteiger partial charge on any atom is -0.396 e. The number of carbonyl (C=O) groups is 1. The van der Waals surface area contributed by atoms with Gasteiger partial charge in [0.05, 0.1) is 12.5 Å². The van der Waals surface area contributed by atoms with Crippen LogP contribution in [-0.4, -0.2) is 24.2 Å². The Balaban J connectivity index is 2.55. The van der Waals surface area contributed by atoms with E-state index >= 15 is 0 Å². The van der Waals surface area contributed by atoms with Gasteiger partial charge in [-0.05, 0) is 31.2 Å². The van der Waals surface area contributed by atoms with Crippen molar-refractivity contribution >= 4 is 17.2 Å². The predicted octanol–water partition coefficient (Wildman–Crippen LogP) is 2.77. The van der Waals surface area contributed by atoms with Crippen LogP contribution in [0, 0.1) is 5.41 Å². The molecule has 0 saturated heterocycles. The van der Waals surface area contributed by atoms with Crippen LogP contribution >= 0.6 is 11.3 Å². The molecule has 1 unspecified atom stereocenters. The zero-order chi connectivity index (χ0) is 13.6. The van der Waals surface area contributed by atoms with Crippen LogP contribution in [0.15, 0.2) is 17.5 Å². The van der Waals surface area contributed by atoms with Gasteiger partial charge in [0.15, 0.2) is 0 Å². The molecule has 0 fully saturated rings. The fourth-order valence-corrected chi connectivity index (χ4v) is 2.66. The summed E-state index contributed by atoms with van der Waals surface area (Å²) in [5.41, 5.74) is -0.176. The summed E-state index contributed by atoms with van der Waals surface area (Å²) in [4.78, 5) is 13.1. The van der Waals surface area contributed by atoms with Crippen LogP contribution in [0.1, 0.15) is 44.4 Å². The average Bonchev–Trinajstić information content (AvgIpc) is 2.93. The molecule has 4 heteroatoms. The number of thiophene rings is 1. The van der Waals surface area contributed by atoms with Crippen molar-refractivity contribution < 1.29 is 9.90 Å². The van der Waals surface area contributed by atoms with E-state index in [2.05, 4.69) is 19.2 Å². The highest BCUT2D eigenvalue weighted by Crippen LogP contribution is 2.25. The number of hydrogen-bond donors (Lipinski definition) is 2. The summed E-state index contributed by atoms with van der Waals surface area (Å²) in [5.74, 6) is -0.0766. The summed E-state index contributed by atoms with van der Waals surface area (Å²) >= 11 is 1.60. The van der Waals surface area contributed by atoms with E-state index in [1.54, 1.807) is 11.3 Å². The Morgan fingerprint density at radius 3 is 2.61 bits per heavy atom. The quantitative estimate of drug-likeness (QED) is 0.799. The smallest absolute Gasteiger partial charge is 0.228 e. The first kappa shape index (κ1) is 15.2. The van der Waals surface area contributed by atoms with E-state index in [1.807, 2.05) is 24.4 Å². The molecule has 1 heterocycles. The molecule has 1 rings (SSSR count). The number of hydrogen-bond acceptors (Lipinski definition) is 3. The molecule has 18 heavy (non-hydrogen) atoms. The van der Waals surface area contributed by atoms with Crippen LogP contribution in [0.2, 0.25) is 0 Å². The second-order valence-corrected chi connectivity index (χ2v) is 5.80. The summed E-state index contributed by atoms with van der Waals surface area (Å²) in [5, 5.41) is 14.4. The van der Waals surface area contributed by atoms with Crippen molar-refractivity contribution in [3.63, 3.8) is 0 Å². The van der Waals surface area contributed by atoms with Crippen molar-refractivity contribution in [2.75, 3.05) is 13.2 Å². The normalized spacial score (nSPS) is 13.3. The molecule has 3 nitrogen and oxygen atoms in total. The van der Waals surface area contributed by atoms with Crippen molar-refractivity contribution in [2.45, 2.75) is 39.5 Å². The molecule has 2 N–H and O–H groups in total. The predicted molar refractivity (Wildman–Crippen MR) is 75.8 cm³/mol. The molecule has 1 aromatic heterocycles. The molecular formula is C14H23NO2S. The fraction of sp³-hybridized carbons (Fsp3) is 0.643. The van der Waals surface area contributed by atoms with Crippen molar-refractivity contribution in [1.29, 1.82) is 0 Å². The molecular weight excluding hydrogens is 246 g/mol. The lowest BCUT2D eigenvalue weighted by Crippen LogP contribution is -2.40. The molecule has 0 radical (unpaired) electrons. The van der Waals surface area contributed by atoms with Gasteiger partial charge in [-0.3, -0.25) is 4.79 Å². The van der Waals surface area contributed by atoms with Crippen LogP contribution < -0.4 is 5.32 Å². The standard InChI is InChI=1S/C14H23NO2S/c1-4-14(5-2,10-16)9-15-13(17)11(3)12-7-6-8-18-12/h6-8,11,16H,4-5,9-10H2,1-3H3,(H,15,17). The van der Waals surface area contributed by atoms with Crippen molar-refractivity contribution in [3.05, 3.63) is 22.4 Å². The van der Waals surface area contributed by atoms with Gasteiger partial charge >= 0.3 is 0 Å². The van der Waals surface area contributed by atoms with Gasteiger partial charge in [0.1, 0.15) is 0 Å². The van der Waals surface area contributed by atoms with E-state index in [0.29, 0.717) is 6.54 Å². The number of amides is 1. The average molecular weight is 269 g/mol. The highest BCUT2D eigenvalue weighted by molar-refractivity contribution is 7.10. The van der Waals surface area contributed by atoms with E-state index in [9.17, 15) is 9.90 Å². The first-order chi connectivity index (χ1) is 8.58. The van der Waals surface area contributed by atoms with Crippen LogP contribution in [-0.2, 0) is 4.79 Å². The molecule has 0 spiro atoms. The largest absolute Gasteiger partial charge is 0.396 e.